The fourth-order valence-electron chi connectivity index (χ4n) is 1.66. The minimum absolute atomic E-state index is 0.0371. The summed E-state index contributed by atoms with van der Waals surface area (Å²) in [6.45, 7) is 11.6. The van der Waals surface area contributed by atoms with Crippen molar-refractivity contribution in [3.05, 3.63) is 12.7 Å². The third-order valence-electron chi connectivity index (χ3n) is 2.43. The van der Waals surface area contributed by atoms with Gasteiger partial charge in [0.25, 0.3) is 0 Å². The number of amides is 1. The smallest absolute Gasteiger partial charge is 0.227 e. The number of rotatable bonds is 7. The van der Waals surface area contributed by atoms with Gasteiger partial charge in [0.2, 0.25) is 5.91 Å². The Kier molecular flexibility index (Phi) is 7.05. The lowest BCUT2D eigenvalue weighted by Crippen LogP contribution is -2.39. The highest BCUT2D eigenvalue weighted by Crippen LogP contribution is 2.13. The van der Waals surface area contributed by atoms with Crippen LogP contribution in [-0.4, -0.2) is 30.4 Å². The van der Waals surface area contributed by atoms with Gasteiger partial charge in [-0.2, -0.15) is 0 Å². The molecule has 0 aromatic rings. The zero-order valence-corrected chi connectivity index (χ0v) is 10.2. The van der Waals surface area contributed by atoms with Crippen LogP contribution in [0.15, 0.2) is 12.7 Å². The van der Waals surface area contributed by atoms with Crippen molar-refractivity contribution in [2.24, 2.45) is 17.6 Å². The van der Waals surface area contributed by atoms with Crippen LogP contribution >= 0.6 is 0 Å². The number of hydrogen-bond acceptors (Lipinski definition) is 2. The summed E-state index contributed by atoms with van der Waals surface area (Å²) < 4.78 is 0. The van der Waals surface area contributed by atoms with E-state index in [2.05, 4.69) is 20.4 Å². The highest BCUT2D eigenvalue weighted by Gasteiger charge is 2.22. The molecule has 15 heavy (non-hydrogen) atoms. The number of nitrogens with zero attached hydrogens (tertiary/aromatic N) is 1. The van der Waals surface area contributed by atoms with E-state index in [1.54, 1.807) is 11.0 Å². The SMILES string of the molecule is C=CCN(CC)C(=O)C(CN)CC(C)C. The standard InChI is InChI=1S/C12H24N2O/c1-5-7-14(6-2)12(15)11(9-13)8-10(3)4/h5,10-11H,1,6-9,13H2,2-4H3. The highest BCUT2D eigenvalue weighted by atomic mass is 16.2. The van der Waals surface area contributed by atoms with E-state index in [9.17, 15) is 4.79 Å². The number of carbonyl (C=O) groups is 1. The summed E-state index contributed by atoms with van der Waals surface area (Å²) in [5.74, 6) is 0.628. The van der Waals surface area contributed by atoms with E-state index in [4.69, 9.17) is 5.73 Å². The van der Waals surface area contributed by atoms with Crippen LogP contribution in [0.1, 0.15) is 27.2 Å². The molecule has 2 N–H and O–H groups in total. The van der Waals surface area contributed by atoms with Crippen LogP contribution in [0.25, 0.3) is 0 Å². The Balaban J connectivity index is 4.39. The number of carbonyl (C=O) groups excluding carboxylic acids is 1. The van der Waals surface area contributed by atoms with Crippen LogP contribution in [0.3, 0.4) is 0 Å². The van der Waals surface area contributed by atoms with E-state index in [0.717, 1.165) is 13.0 Å². The van der Waals surface area contributed by atoms with Crippen molar-refractivity contribution in [1.82, 2.24) is 4.90 Å². The molecule has 0 aromatic carbocycles. The lowest BCUT2D eigenvalue weighted by atomic mass is 9.96. The summed E-state index contributed by atoms with van der Waals surface area (Å²) in [6, 6.07) is 0. The summed E-state index contributed by atoms with van der Waals surface area (Å²) in [5.41, 5.74) is 5.64. The molecule has 0 fully saturated rings. The molecule has 0 saturated heterocycles. The minimum atomic E-state index is -0.0371. The van der Waals surface area contributed by atoms with Crippen molar-refractivity contribution in [2.45, 2.75) is 27.2 Å². The van der Waals surface area contributed by atoms with Crippen LogP contribution in [-0.2, 0) is 4.79 Å². The topological polar surface area (TPSA) is 46.3 Å². The van der Waals surface area contributed by atoms with Crippen LogP contribution < -0.4 is 5.73 Å². The number of hydrogen-bond donors (Lipinski definition) is 1. The van der Waals surface area contributed by atoms with Gasteiger partial charge in [0.1, 0.15) is 0 Å². The van der Waals surface area contributed by atoms with Gasteiger partial charge in [-0.25, -0.2) is 0 Å². The predicted octanol–water partition coefficient (Wildman–Crippen LogP) is 1.64. The van der Waals surface area contributed by atoms with Crippen molar-refractivity contribution in [3.63, 3.8) is 0 Å². The van der Waals surface area contributed by atoms with Crippen molar-refractivity contribution in [1.29, 1.82) is 0 Å². The molecule has 0 heterocycles. The monoisotopic (exact) mass is 212 g/mol. The predicted molar refractivity (Wildman–Crippen MR) is 64.5 cm³/mol. The van der Waals surface area contributed by atoms with Gasteiger partial charge in [0.05, 0.1) is 5.92 Å². The number of nitrogens with two attached hydrogens (primary N) is 1. The molecule has 1 unspecified atom stereocenters. The first kappa shape index (κ1) is 14.2. The zero-order valence-electron chi connectivity index (χ0n) is 10.2. The van der Waals surface area contributed by atoms with E-state index in [1.807, 2.05) is 6.92 Å². The Morgan fingerprint density at radius 2 is 2.13 bits per heavy atom. The molecule has 0 aliphatic carbocycles. The molecule has 0 bridgehead atoms. The maximum absolute atomic E-state index is 12.0. The van der Waals surface area contributed by atoms with Crippen LogP contribution in [0.5, 0.6) is 0 Å². The molecule has 3 heteroatoms. The molecular formula is C12H24N2O. The third-order valence-corrected chi connectivity index (χ3v) is 2.43. The summed E-state index contributed by atoms with van der Waals surface area (Å²) in [7, 11) is 0. The average molecular weight is 212 g/mol. The van der Waals surface area contributed by atoms with E-state index < -0.39 is 0 Å². The maximum Gasteiger partial charge on any atom is 0.227 e. The van der Waals surface area contributed by atoms with Crippen LogP contribution in [0.4, 0.5) is 0 Å². The Labute approximate surface area is 93.3 Å². The largest absolute Gasteiger partial charge is 0.339 e. The fraction of sp³-hybridized carbons (Fsp3) is 0.750. The Hall–Kier alpha value is -0.830. The summed E-state index contributed by atoms with van der Waals surface area (Å²) >= 11 is 0. The van der Waals surface area contributed by atoms with E-state index >= 15 is 0 Å². The number of likely N-dealkylation sites (N-methyl/N-ethyl adjacent to an activating group) is 1. The van der Waals surface area contributed by atoms with E-state index in [-0.39, 0.29) is 11.8 Å². The zero-order chi connectivity index (χ0) is 11.8. The van der Waals surface area contributed by atoms with Crippen LogP contribution in [0.2, 0.25) is 0 Å². The van der Waals surface area contributed by atoms with Crippen molar-refractivity contribution in [2.75, 3.05) is 19.6 Å². The van der Waals surface area contributed by atoms with Gasteiger partial charge in [0, 0.05) is 19.6 Å². The quantitative estimate of drug-likeness (QED) is 0.652. The molecule has 0 saturated carbocycles. The molecule has 0 aromatic heterocycles. The Morgan fingerprint density at radius 3 is 2.47 bits per heavy atom. The van der Waals surface area contributed by atoms with Crippen molar-refractivity contribution < 1.29 is 4.79 Å². The van der Waals surface area contributed by atoms with Gasteiger partial charge in [0.15, 0.2) is 0 Å². The second-order valence-electron chi connectivity index (χ2n) is 4.23. The maximum atomic E-state index is 12.0. The van der Waals surface area contributed by atoms with Gasteiger partial charge in [-0.15, -0.1) is 6.58 Å². The van der Waals surface area contributed by atoms with Crippen LogP contribution in [0, 0.1) is 11.8 Å². The molecule has 0 aliphatic heterocycles. The minimum Gasteiger partial charge on any atom is -0.339 e. The van der Waals surface area contributed by atoms with Gasteiger partial charge in [-0.3, -0.25) is 4.79 Å². The molecular weight excluding hydrogens is 188 g/mol. The molecule has 0 spiro atoms. The molecule has 0 rings (SSSR count). The van der Waals surface area contributed by atoms with E-state index in [0.29, 0.717) is 19.0 Å². The molecule has 0 aliphatic rings. The first-order valence-electron chi connectivity index (χ1n) is 5.66. The van der Waals surface area contributed by atoms with Crippen molar-refractivity contribution in [3.8, 4) is 0 Å². The molecule has 0 radical (unpaired) electrons. The van der Waals surface area contributed by atoms with E-state index in [1.165, 1.54) is 0 Å². The van der Waals surface area contributed by atoms with Gasteiger partial charge in [-0.1, -0.05) is 19.9 Å². The highest BCUT2D eigenvalue weighted by molar-refractivity contribution is 5.79. The van der Waals surface area contributed by atoms with Crippen molar-refractivity contribution >= 4 is 5.91 Å². The van der Waals surface area contributed by atoms with Gasteiger partial charge >= 0.3 is 0 Å². The molecule has 1 amide bonds. The first-order valence-corrected chi connectivity index (χ1v) is 5.66. The second-order valence-corrected chi connectivity index (χ2v) is 4.23. The lowest BCUT2D eigenvalue weighted by Gasteiger charge is -2.25. The molecule has 3 nitrogen and oxygen atoms in total. The second kappa shape index (κ2) is 7.46. The third kappa shape index (κ3) is 4.98. The average Bonchev–Trinajstić information content (AvgIpc) is 2.21. The van der Waals surface area contributed by atoms with Gasteiger partial charge < -0.3 is 10.6 Å². The fourth-order valence-corrected chi connectivity index (χ4v) is 1.66. The Morgan fingerprint density at radius 1 is 1.53 bits per heavy atom. The lowest BCUT2D eigenvalue weighted by molar-refractivity contribution is -0.135. The summed E-state index contributed by atoms with van der Waals surface area (Å²) in [5, 5.41) is 0. The van der Waals surface area contributed by atoms with Gasteiger partial charge in [-0.05, 0) is 19.3 Å². The first-order chi connectivity index (χ1) is 7.06. The summed E-state index contributed by atoms with van der Waals surface area (Å²) in [6.07, 6.45) is 2.62. The normalized spacial score (nSPS) is 12.6. The molecule has 1 atom stereocenters. The summed E-state index contributed by atoms with van der Waals surface area (Å²) in [4.78, 5) is 13.8. The Bertz CT molecular complexity index is 202. The molecule has 88 valence electrons.